The third-order valence-corrected chi connectivity index (χ3v) is 4.71. The first-order valence-electron chi connectivity index (χ1n) is 8.39. The summed E-state index contributed by atoms with van der Waals surface area (Å²) in [5.74, 6) is 0.133. The van der Waals surface area contributed by atoms with Crippen molar-refractivity contribution in [2.45, 2.75) is 31.7 Å². The summed E-state index contributed by atoms with van der Waals surface area (Å²) in [6.07, 6.45) is 5.86. The molecule has 25 heavy (non-hydrogen) atoms. The van der Waals surface area contributed by atoms with Crippen LogP contribution in [0.2, 0.25) is 0 Å². The number of hydrogen-bond acceptors (Lipinski definition) is 4. The van der Waals surface area contributed by atoms with E-state index in [4.69, 9.17) is 5.73 Å². The predicted molar refractivity (Wildman–Crippen MR) is 96.7 cm³/mol. The normalized spacial score (nSPS) is 14.9. The number of carbonyl (C=O) groups is 1. The highest BCUT2D eigenvalue weighted by molar-refractivity contribution is 6.05. The van der Waals surface area contributed by atoms with Crippen molar-refractivity contribution in [3.05, 3.63) is 52.6 Å². The smallest absolute Gasteiger partial charge is 0.326 e. The van der Waals surface area contributed by atoms with Gasteiger partial charge in [-0.25, -0.2) is 9.78 Å². The van der Waals surface area contributed by atoms with E-state index in [9.17, 15) is 9.59 Å². The molecule has 0 saturated heterocycles. The molecule has 0 spiro atoms. The molecule has 4 rings (SSSR count). The van der Waals surface area contributed by atoms with Gasteiger partial charge in [-0.1, -0.05) is 12.8 Å². The second kappa shape index (κ2) is 6.08. The number of nitrogens with zero attached hydrogens (tertiary/aromatic N) is 2. The van der Waals surface area contributed by atoms with Crippen LogP contribution in [0.1, 0.15) is 42.1 Å². The largest absolute Gasteiger partial charge is 0.384 e. The quantitative estimate of drug-likeness (QED) is 0.683. The molecule has 3 aromatic rings. The molecule has 128 valence electrons. The van der Waals surface area contributed by atoms with Gasteiger partial charge in [-0.3, -0.25) is 9.36 Å². The van der Waals surface area contributed by atoms with Crippen molar-refractivity contribution in [3.8, 4) is 0 Å². The third-order valence-electron chi connectivity index (χ3n) is 4.71. The molecule has 7 nitrogen and oxygen atoms in total. The molecule has 2 aromatic heterocycles. The van der Waals surface area contributed by atoms with E-state index in [-0.39, 0.29) is 17.6 Å². The number of imidazole rings is 1. The maximum atomic E-state index is 12.4. The first kappa shape index (κ1) is 15.4. The summed E-state index contributed by atoms with van der Waals surface area (Å²) < 4.78 is 1.83. The number of benzene rings is 1. The molecule has 7 heteroatoms. The van der Waals surface area contributed by atoms with Crippen molar-refractivity contribution >= 4 is 28.4 Å². The Morgan fingerprint density at radius 2 is 2.04 bits per heavy atom. The van der Waals surface area contributed by atoms with E-state index in [0.29, 0.717) is 22.6 Å². The van der Waals surface area contributed by atoms with Crippen LogP contribution in [0.4, 0.5) is 11.5 Å². The molecule has 0 radical (unpaired) electrons. The van der Waals surface area contributed by atoms with E-state index in [1.807, 2.05) is 10.6 Å². The molecule has 1 aliphatic carbocycles. The number of amides is 1. The van der Waals surface area contributed by atoms with Crippen LogP contribution in [0.15, 0.2) is 41.3 Å². The fourth-order valence-corrected chi connectivity index (χ4v) is 3.48. The molecule has 1 amide bonds. The van der Waals surface area contributed by atoms with Gasteiger partial charge >= 0.3 is 5.69 Å². The molecule has 1 saturated carbocycles. The van der Waals surface area contributed by atoms with Gasteiger partial charge in [0.15, 0.2) is 0 Å². The van der Waals surface area contributed by atoms with Crippen molar-refractivity contribution < 1.29 is 4.79 Å². The van der Waals surface area contributed by atoms with E-state index in [1.54, 1.807) is 24.3 Å². The number of rotatable bonds is 3. The number of nitrogens with one attached hydrogen (secondary N) is 2. The molecule has 0 aliphatic heterocycles. The zero-order chi connectivity index (χ0) is 17.4. The number of aromatic amines is 1. The molecular formula is C18H19N5O2. The molecule has 1 aromatic carbocycles. The van der Waals surface area contributed by atoms with Gasteiger partial charge in [0.05, 0.1) is 22.9 Å². The van der Waals surface area contributed by atoms with E-state index in [2.05, 4.69) is 15.3 Å². The highest BCUT2D eigenvalue weighted by atomic mass is 16.2. The summed E-state index contributed by atoms with van der Waals surface area (Å²) in [5.41, 5.74) is 8.00. The Hall–Kier alpha value is -3.09. The number of nitrogen functional groups attached to an aromatic ring is 1. The number of carbonyl (C=O) groups excluding carboxylic acids is 1. The van der Waals surface area contributed by atoms with Crippen molar-refractivity contribution in [2.24, 2.45) is 0 Å². The number of fused-ring (bicyclic) bond motifs is 1. The van der Waals surface area contributed by atoms with Gasteiger partial charge in [-0.15, -0.1) is 0 Å². The molecule has 0 unspecified atom stereocenters. The minimum atomic E-state index is -0.261. The van der Waals surface area contributed by atoms with Crippen LogP contribution < -0.4 is 16.7 Å². The van der Waals surface area contributed by atoms with E-state index < -0.39 is 0 Å². The summed E-state index contributed by atoms with van der Waals surface area (Å²) in [4.78, 5) is 31.6. The fraction of sp³-hybridized carbons (Fsp3) is 0.278. The summed E-state index contributed by atoms with van der Waals surface area (Å²) in [7, 11) is 0. The highest BCUT2D eigenvalue weighted by Gasteiger charge is 2.21. The van der Waals surface area contributed by atoms with Crippen molar-refractivity contribution in [2.75, 3.05) is 11.1 Å². The SMILES string of the molecule is Nc1ccc(NC(=O)c2ccc3c(c2)[nH]c(=O)n3C2CCCC2)cn1. The lowest BCUT2D eigenvalue weighted by molar-refractivity contribution is 0.102. The van der Waals surface area contributed by atoms with E-state index in [1.165, 1.54) is 6.20 Å². The van der Waals surface area contributed by atoms with Crippen LogP contribution in [-0.4, -0.2) is 20.4 Å². The van der Waals surface area contributed by atoms with Crippen LogP contribution in [-0.2, 0) is 0 Å². The Morgan fingerprint density at radius 3 is 2.76 bits per heavy atom. The Bertz CT molecular complexity index is 981. The number of pyridine rings is 1. The lowest BCUT2D eigenvalue weighted by atomic mass is 10.1. The van der Waals surface area contributed by atoms with Crippen LogP contribution in [0.5, 0.6) is 0 Å². The molecule has 0 bridgehead atoms. The van der Waals surface area contributed by atoms with Crippen molar-refractivity contribution in [1.29, 1.82) is 0 Å². The average Bonchev–Trinajstić information content (AvgIpc) is 3.22. The van der Waals surface area contributed by atoms with Gasteiger partial charge in [-0.2, -0.15) is 0 Å². The minimum absolute atomic E-state index is 0.109. The number of hydrogen-bond donors (Lipinski definition) is 3. The maximum Gasteiger partial charge on any atom is 0.326 e. The summed E-state index contributed by atoms with van der Waals surface area (Å²) >= 11 is 0. The summed E-state index contributed by atoms with van der Waals surface area (Å²) in [5, 5.41) is 2.77. The van der Waals surface area contributed by atoms with Crippen LogP contribution in [0.3, 0.4) is 0 Å². The number of aromatic nitrogens is 3. The molecule has 2 heterocycles. The standard InChI is InChI=1S/C18H19N5O2/c19-16-8-6-12(10-20-16)21-17(24)11-5-7-15-14(9-11)22-18(25)23(15)13-3-1-2-4-13/h5-10,13H,1-4H2,(H2,19,20)(H,21,24)(H,22,25). The lowest BCUT2D eigenvalue weighted by Crippen LogP contribution is -2.20. The summed E-state index contributed by atoms with van der Waals surface area (Å²) in [6.45, 7) is 0. The molecule has 0 atom stereocenters. The Kier molecular flexibility index (Phi) is 3.76. The van der Waals surface area contributed by atoms with Gasteiger partial charge in [-0.05, 0) is 43.2 Å². The van der Waals surface area contributed by atoms with Gasteiger partial charge in [0.1, 0.15) is 5.82 Å². The highest BCUT2D eigenvalue weighted by Crippen LogP contribution is 2.30. The average molecular weight is 337 g/mol. The van der Waals surface area contributed by atoms with Crippen molar-refractivity contribution in [1.82, 2.24) is 14.5 Å². The number of anilines is 2. The first-order chi connectivity index (χ1) is 12.1. The molecule has 1 fully saturated rings. The maximum absolute atomic E-state index is 12.4. The summed E-state index contributed by atoms with van der Waals surface area (Å²) in [6, 6.07) is 8.85. The van der Waals surface area contributed by atoms with Gasteiger partial charge in [0.25, 0.3) is 5.91 Å². The fourth-order valence-electron chi connectivity index (χ4n) is 3.48. The monoisotopic (exact) mass is 337 g/mol. The lowest BCUT2D eigenvalue weighted by Gasteiger charge is -2.11. The molecular weight excluding hydrogens is 318 g/mol. The van der Waals surface area contributed by atoms with Gasteiger partial charge in [0, 0.05) is 11.6 Å². The van der Waals surface area contributed by atoms with Gasteiger partial charge in [0.2, 0.25) is 0 Å². The van der Waals surface area contributed by atoms with E-state index in [0.717, 1.165) is 31.2 Å². The Labute approximate surface area is 143 Å². The van der Waals surface area contributed by atoms with Gasteiger partial charge < -0.3 is 16.0 Å². The van der Waals surface area contributed by atoms with Crippen molar-refractivity contribution in [3.63, 3.8) is 0 Å². The van der Waals surface area contributed by atoms with E-state index >= 15 is 0 Å². The van der Waals surface area contributed by atoms with Crippen LogP contribution >= 0.6 is 0 Å². The topological polar surface area (TPSA) is 106 Å². The minimum Gasteiger partial charge on any atom is -0.384 e. The molecule has 1 aliphatic rings. The number of nitrogens with two attached hydrogens (primary N) is 1. The van der Waals surface area contributed by atoms with Crippen LogP contribution in [0, 0.1) is 0 Å². The second-order valence-electron chi connectivity index (χ2n) is 6.40. The number of H-pyrrole nitrogens is 1. The van der Waals surface area contributed by atoms with Crippen LogP contribution in [0.25, 0.3) is 11.0 Å². The predicted octanol–water partition coefficient (Wildman–Crippen LogP) is 2.67. The second-order valence-corrected chi connectivity index (χ2v) is 6.40. The zero-order valence-electron chi connectivity index (χ0n) is 13.7. The Balaban J connectivity index is 1.64. The first-order valence-corrected chi connectivity index (χ1v) is 8.39. The zero-order valence-corrected chi connectivity index (χ0v) is 13.7. The molecule has 4 N–H and O–H groups in total. The third kappa shape index (κ3) is 2.88. The Morgan fingerprint density at radius 1 is 1.24 bits per heavy atom.